The van der Waals surface area contributed by atoms with Crippen LogP contribution in [0.25, 0.3) is 11.1 Å². The molecule has 100 valence electrons. The monoisotopic (exact) mass is 259 g/mol. The summed E-state index contributed by atoms with van der Waals surface area (Å²) in [6, 6.07) is 5.98. The van der Waals surface area contributed by atoms with E-state index in [2.05, 4.69) is 16.5 Å². The molecule has 1 aromatic heterocycles. The fourth-order valence-electron chi connectivity index (χ4n) is 1.86. The smallest absolute Gasteiger partial charge is 0.241 e. The number of aromatic nitrogens is 2. The van der Waals surface area contributed by atoms with Crippen LogP contribution in [-0.2, 0) is 11.3 Å². The molecular formula is C14H17N3O2. The molecule has 0 radical (unpaired) electrons. The van der Waals surface area contributed by atoms with E-state index >= 15 is 0 Å². The molecule has 5 nitrogen and oxygen atoms in total. The van der Waals surface area contributed by atoms with Gasteiger partial charge in [0, 0.05) is 18.8 Å². The second-order valence-corrected chi connectivity index (χ2v) is 4.34. The first-order valence-electron chi connectivity index (χ1n) is 6.01. The summed E-state index contributed by atoms with van der Waals surface area (Å²) < 4.78 is 6.87. The van der Waals surface area contributed by atoms with Gasteiger partial charge in [0.05, 0.1) is 13.3 Å². The molecular weight excluding hydrogens is 242 g/mol. The fraction of sp³-hybridized carbons (Fsp3) is 0.286. The van der Waals surface area contributed by atoms with Crippen molar-refractivity contribution in [2.45, 2.75) is 13.5 Å². The van der Waals surface area contributed by atoms with Gasteiger partial charge >= 0.3 is 0 Å². The number of rotatable bonds is 4. The van der Waals surface area contributed by atoms with E-state index in [1.165, 1.54) is 0 Å². The normalized spacial score (nSPS) is 10.3. The molecule has 1 amide bonds. The summed E-state index contributed by atoms with van der Waals surface area (Å²) in [5, 5.41) is 6.75. The van der Waals surface area contributed by atoms with Crippen LogP contribution in [0.15, 0.2) is 30.6 Å². The molecule has 1 aromatic carbocycles. The van der Waals surface area contributed by atoms with Gasteiger partial charge in [0.2, 0.25) is 5.91 Å². The molecule has 0 fully saturated rings. The van der Waals surface area contributed by atoms with Crippen molar-refractivity contribution in [1.82, 2.24) is 15.1 Å². The summed E-state index contributed by atoms with van der Waals surface area (Å²) in [7, 11) is 3.26. The summed E-state index contributed by atoms with van der Waals surface area (Å²) in [5.41, 5.74) is 3.11. The molecule has 0 unspecified atom stereocenters. The zero-order chi connectivity index (χ0) is 13.8. The van der Waals surface area contributed by atoms with Gasteiger partial charge < -0.3 is 10.1 Å². The lowest BCUT2D eigenvalue weighted by Crippen LogP contribution is -2.23. The summed E-state index contributed by atoms with van der Waals surface area (Å²) in [5.74, 6) is 0.741. The lowest BCUT2D eigenvalue weighted by Gasteiger charge is -2.05. The molecule has 0 saturated carbocycles. The minimum absolute atomic E-state index is 0.0727. The van der Waals surface area contributed by atoms with Gasteiger partial charge in [-0.25, -0.2) is 0 Å². The van der Waals surface area contributed by atoms with E-state index in [0.717, 1.165) is 22.4 Å². The SMILES string of the molecule is CNC(=O)Cn1cc(-c2cc(C)cc(OC)c2)cn1. The number of ether oxygens (including phenoxy) is 1. The van der Waals surface area contributed by atoms with Gasteiger partial charge in [-0.15, -0.1) is 0 Å². The van der Waals surface area contributed by atoms with Crippen LogP contribution < -0.4 is 10.1 Å². The Balaban J connectivity index is 2.27. The number of aryl methyl sites for hydroxylation is 1. The molecule has 0 aliphatic heterocycles. The van der Waals surface area contributed by atoms with E-state index in [-0.39, 0.29) is 12.5 Å². The van der Waals surface area contributed by atoms with Gasteiger partial charge in [-0.3, -0.25) is 9.48 Å². The van der Waals surface area contributed by atoms with E-state index < -0.39 is 0 Å². The highest BCUT2D eigenvalue weighted by Gasteiger charge is 2.06. The van der Waals surface area contributed by atoms with Crippen molar-refractivity contribution in [2.75, 3.05) is 14.2 Å². The molecule has 0 aliphatic rings. The third kappa shape index (κ3) is 3.13. The average Bonchev–Trinajstić information content (AvgIpc) is 2.86. The Labute approximate surface area is 112 Å². The van der Waals surface area contributed by atoms with E-state index in [0.29, 0.717) is 0 Å². The number of hydrogen-bond donors (Lipinski definition) is 1. The van der Waals surface area contributed by atoms with Crippen LogP contribution in [0.4, 0.5) is 0 Å². The molecule has 0 atom stereocenters. The predicted molar refractivity (Wildman–Crippen MR) is 73.0 cm³/mol. The zero-order valence-corrected chi connectivity index (χ0v) is 11.3. The number of likely N-dealkylation sites (N-methyl/N-ethyl adjacent to an activating group) is 1. The lowest BCUT2D eigenvalue weighted by atomic mass is 10.1. The lowest BCUT2D eigenvalue weighted by molar-refractivity contribution is -0.121. The van der Waals surface area contributed by atoms with Crippen molar-refractivity contribution < 1.29 is 9.53 Å². The Hall–Kier alpha value is -2.30. The van der Waals surface area contributed by atoms with Crippen molar-refractivity contribution >= 4 is 5.91 Å². The zero-order valence-electron chi connectivity index (χ0n) is 11.3. The highest BCUT2D eigenvalue weighted by molar-refractivity contribution is 5.75. The van der Waals surface area contributed by atoms with Gasteiger partial charge in [0.15, 0.2) is 0 Å². The highest BCUT2D eigenvalue weighted by atomic mass is 16.5. The molecule has 1 N–H and O–H groups in total. The first-order chi connectivity index (χ1) is 9.12. The average molecular weight is 259 g/mol. The molecule has 0 saturated heterocycles. The van der Waals surface area contributed by atoms with Crippen molar-refractivity contribution in [3.05, 3.63) is 36.2 Å². The second kappa shape index (κ2) is 5.56. The Morgan fingerprint density at radius 3 is 2.84 bits per heavy atom. The largest absolute Gasteiger partial charge is 0.497 e. The molecule has 1 heterocycles. The van der Waals surface area contributed by atoms with Gasteiger partial charge in [0.1, 0.15) is 12.3 Å². The second-order valence-electron chi connectivity index (χ2n) is 4.34. The van der Waals surface area contributed by atoms with Crippen LogP contribution in [0.3, 0.4) is 0 Å². The summed E-state index contributed by atoms with van der Waals surface area (Å²) >= 11 is 0. The Kier molecular flexibility index (Phi) is 3.85. The number of amides is 1. The van der Waals surface area contributed by atoms with E-state index in [9.17, 15) is 4.79 Å². The third-order valence-corrected chi connectivity index (χ3v) is 2.84. The fourth-order valence-corrected chi connectivity index (χ4v) is 1.86. The topological polar surface area (TPSA) is 56.2 Å². The number of hydrogen-bond acceptors (Lipinski definition) is 3. The van der Waals surface area contributed by atoms with E-state index in [1.54, 1.807) is 25.0 Å². The molecule has 5 heteroatoms. The molecule has 0 spiro atoms. The van der Waals surface area contributed by atoms with Crippen molar-refractivity contribution in [3.63, 3.8) is 0 Å². The summed E-state index contributed by atoms with van der Waals surface area (Å²) in [6.07, 6.45) is 3.60. The van der Waals surface area contributed by atoms with Gasteiger partial charge in [-0.2, -0.15) is 5.10 Å². The maximum absolute atomic E-state index is 11.3. The third-order valence-electron chi connectivity index (χ3n) is 2.84. The van der Waals surface area contributed by atoms with Crippen molar-refractivity contribution in [2.24, 2.45) is 0 Å². The Bertz CT molecular complexity index is 590. The number of nitrogens with zero attached hydrogens (tertiary/aromatic N) is 2. The van der Waals surface area contributed by atoms with Crippen LogP contribution in [-0.4, -0.2) is 29.8 Å². The van der Waals surface area contributed by atoms with Gasteiger partial charge in [0.25, 0.3) is 0 Å². The number of carbonyl (C=O) groups excluding carboxylic acids is 1. The van der Waals surface area contributed by atoms with Crippen LogP contribution >= 0.6 is 0 Å². The van der Waals surface area contributed by atoms with Crippen molar-refractivity contribution in [1.29, 1.82) is 0 Å². The Morgan fingerprint density at radius 1 is 1.37 bits per heavy atom. The quantitative estimate of drug-likeness (QED) is 0.907. The van der Waals surface area contributed by atoms with Crippen molar-refractivity contribution in [3.8, 4) is 16.9 Å². The van der Waals surface area contributed by atoms with Gasteiger partial charge in [-0.1, -0.05) is 6.07 Å². The van der Waals surface area contributed by atoms with Crippen LogP contribution in [0.2, 0.25) is 0 Å². The van der Waals surface area contributed by atoms with Crippen LogP contribution in [0, 0.1) is 6.92 Å². The van der Waals surface area contributed by atoms with Crippen LogP contribution in [0.5, 0.6) is 5.75 Å². The molecule has 0 bridgehead atoms. The molecule has 2 aromatic rings. The highest BCUT2D eigenvalue weighted by Crippen LogP contribution is 2.25. The standard InChI is InChI=1S/C14H17N3O2/c1-10-4-11(6-13(5-10)19-3)12-7-16-17(8-12)9-14(18)15-2/h4-8H,9H2,1-3H3,(H,15,18). The number of methoxy groups -OCH3 is 1. The Morgan fingerprint density at radius 2 is 2.16 bits per heavy atom. The number of nitrogens with one attached hydrogen (secondary N) is 1. The first-order valence-corrected chi connectivity index (χ1v) is 6.01. The number of carbonyl (C=O) groups is 1. The first kappa shape index (κ1) is 13.1. The minimum Gasteiger partial charge on any atom is -0.497 e. The maximum Gasteiger partial charge on any atom is 0.241 e. The number of benzene rings is 1. The summed E-state index contributed by atoms with van der Waals surface area (Å²) in [6.45, 7) is 2.24. The molecule has 19 heavy (non-hydrogen) atoms. The minimum atomic E-state index is -0.0727. The maximum atomic E-state index is 11.3. The molecule has 2 rings (SSSR count). The summed E-state index contributed by atoms with van der Waals surface area (Å²) in [4.78, 5) is 11.3. The van der Waals surface area contributed by atoms with E-state index in [4.69, 9.17) is 4.74 Å². The predicted octanol–water partition coefficient (Wildman–Crippen LogP) is 1.61. The molecule has 0 aliphatic carbocycles. The van der Waals surface area contributed by atoms with Crippen LogP contribution in [0.1, 0.15) is 5.56 Å². The van der Waals surface area contributed by atoms with E-state index in [1.807, 2.05) is 25.3 Å². The van der Waals surface area contributed by atoms with Gasteiger partial charge in [-0.05, 0) is 30.2 Å².